The number of aliphatic hydroxyl groups is 1. The molecule has 2 heterocycles. The molecule has 1 aliphatic heterocycles. The van der Waals surface area contributed by atoms with E-state index in [1.807, 2.05) is 11.8 Å². The summed E-state index contributed by atoms with van der Waals surface area (Å²) in [6, 6.07) is 4.23. The molecule has 5 N–H and O–H groups in total. The van der Waals surface area contributed by atoms with Gasteiger partial charge in [0, 0.05) is 50.1 Å². The Bertz CT molecular complexity index is 1420. The normalized spacial score (nSPS) is 28.0. The predicted molar refractivity (Wildman–Crippen MR) is 173 cm³/mol. The Morgan fingerprint density at radius 1 is 1.04 bits per heavy atom. The standard InChI is InChI=1S/C34H48F3N7O2/c1-4-27-31(39-22-7-10-24(45)11-8-22)42-32(29(41-27)30(38)46)40-23-9-12-28(26(18-23)34(35,36)37)44-15-13-43(14-16-44)19-20-5-6-21-17-25(20)33(21,2)3/h9,12,18,20-22,24-25,45H,4-8,10-11,13-17,19H2,1-3H3,(H2,38,46)(H2,39,40,42)/t20?,21-,22?,24?,25-/m0/s1. The Balaban J connectivity index is 1.18. The van der Waals surface area contributed by atoms with Crippen LogP contribution in [0.2, 0.25) is 0 Å². The second-order valence-corrected chi connectivity index (χ2v) is 14.4. The van der Waals surface area contributed by atoms with E-state index in [-0.39, 0.29) is 35.0 Å². The fourth-order valence-electron chi connectivity index (χ4n) is 8.44. The van der Waals surface area contributed by atoms with E-state index in [1.54, 1.807) is 6.07 Å². The Labute approximate surface area is 269 Å². The topological polar surface area (TPSA) is 120 Å². The summed E-state index contributed by atoms with van der Waals surface area (Å²) in [5.41, 5.74) is 6.02. The number of benzene rings is 1. The summed E-state index contributed by atoms with van der Waals surface area (Å²) in [4.78, 5) is 25.7. The van der Waals surface area contributed by atoms with Gasteiger partial charge in [0.1, 0.15) is 5.82 Å². The Kier molecular flexibility index (Phi) is 9.14. The van der Waals surface area contributed by atoms with Gasteiger partial charge >= 0.3 is 6.18 Å². The third-order valence-corrected chi connectivity index (χ3v) is 11.3. The summed E-state index contributed by atoms with van der Waals surface area (Å²) in [6.07, 6.45) is 2.28. The molecule has 1 amide bonds. The molecule has 5 fully saturated rings. The smallest absolute Gasteiger partial charge is 0.393 e. The van der Waals surface area contributed by atoms with E-state index in [4.69, 9.17) is 5.73 Å². The minimum absolute atomic E-state index is 0.00112. The molecular weight excluding hydrogens is 595 g/mol. The van der Waals surface area contributed by atoms with Crippen LogP contribution in [-0.4, -0.2) is 70.8 Å². The summed E-state index contributed by atoms with van der Waals surface area (Å²) < 4.78 is 43.5. The van der Waals surface area contributed by atoms with Gasteiger partial charge in [-0.3, -0.25) is 9.69 Å². The lowest BCUT2D eigenvalue weighted by atomic mass is 9.45. The lowest BCUT2D eigenvalue weighted by Crippen LogP contribution is -2.56. The number of nitrogens with zero attached hydrogens (tertiary/aromatic N) is 4. The van der Waals surface area contributed by atoms with Crippen LogP contribution in [0, 0.1) is 23.2 Å². The van der Waals surface area contributed by atoms with Crippen molar-refractivity contribution in [3.05, 3.63) is 35.2 Å². The molecule has 9 nitrogen and oxygen atoms in total. The molecule has 1 saturated heterocycles. The molecule has 4 aliphatic carbocycles. The first-order chi connectivity index (χ1) is 21.8. The molecular formula is C34H48F3N7O2. The van der Waals surface area contributed by atoms with Gasteiger partial charge in [-0.2, -0.15) is 13.2 Å². The summed E-state index contributed by atoms with van der Waals surface area (Å²) in [7, 11) is 0. The summed E-state index contributed by atoms with van der Waals surface area (Å²) >= 11 is 0. The number of nitrogens with two attached hydrogens (primary N) is 1. The number of amides is 1. The quantitative estimate of drug-likeness (QED) is 0.270. The van der Waals surface area contributed by atoms with E-state index in [0.29, 0.717) is 55.2 Å². The Morgan fingerprint density at radius 2 is 1.76 bits per heavy atom. The maximum Gasteiger partial charge on any atom is 0.418 e. The van der Waals surface area contributed by atoms with Crippen LogP contribution in [0.5, 0.6) is 0 Å². The Morgan fingerprint density at radius 3 is 2.37 bits per heavy atom. The van der Waals surface area contributed by atoms with Gasteiger partial charge in [-0.05, 0) is 92.7 Å². The first-order valence-corrected chi connectivity index (χ1v) is 16.9. The molecule has 252 valence electrons. The van der Waals surface area contributed by atoms with Crippen LogP contribution in [0.1, 0.15) is 87.5 Å². The molecule has 5 aliphatic rings. The second-order valence-electron chi connectivity index (χ2n) is 14.4. The number of aliphatic hydroxyl groups excluding tert-OH is 1. The number of aryl methyl sites for hydroxylation is 1. The maximum absolute atomic E-state index is 14.5. The lowest BCUT2D eigenvalue weighted by Gasteiger charge is -2.61. The molecule has 1 aromatic carbocycles. The molecule has 7 rings (SSSR count). The van der Waals surface area contributed by atoms with Crippen molar-refractivity contribution in [3.63, 3.8) is 0 Å². The summed E-state index contributed by atoms with van der Waals surface area (Å²) in [5.74, 6) is 1.92. The molecule has 1 unspecified atom stereocenters. The number of hydrogen-bond acceptors (Lipinski definition) is 8. The van der Waals surface area contributed by atoms with Crippen LogP contribution in [0.4, 0.5) is 36.2 Å². The van der Waals surface area contributed by atoms with Crippen molar-refractivity contribution in [2.75, 3.05) is 48.3 Å². The SMILES string of the molecule is CCc1nc(C(N)=O)c(Nc2ccc(N3CCN(CC4CC[C@H]5C[C@@H]4C5(C)C)CC3)c(C(F)(F)F)c2)nc1NC1CCC(O)CC1. The zero-order valence-electron chi connectivity index (χ0n) is 27.2. The van der Waals surface area contributed by atoms with Crippen LogP contribution < -0.4 is 21.3 Å². The Hall–Kier alpha value is -3.12. The highest BCUT2D eigenvalue weighted by molar-refractivity contribution is 5.96. The van der Waals surface area contributed by atoms with Gasteiger partial charge in [0.2, 0.25) is 0 Å². The highest BCUT2D eigenvalue weighted by Gasteiger charge is 2.54. The molecule has 2 bridgehead atoms. The maximum atomic E-state index is 14.5. The number of aromatic nitrogens is 2. The van der Waals surface area contributed by atoms with E-state index in [1.165, 1.54) is 25.3 Å². The number of fused-ring (bicyclic) bond motifs is 2. The first-order valence-electron chi connectivity index (χ1n) is 16.9. The zero-order chi connectivity index (χ0) is 32.8. The van der Waals surface area contributed by atoms with Crippen molar-refractivity contribution in [1.29, 1.82) is 0 Å². The molecule has 12 heteroatoms. The van der Waals surface area contributed by atoms with Gasteiger partial charge in [-0.15, -0.1) is 0 Å². The van der Waals surface area contributed by atoms with Crippen molar-refractivity contribution in [2.45, 2.75) is 90.5 Å². The predicted octanol–water partition coefficient (Wildman–Crippen LogP) is 5.81. The van der Waals surface area contributed by atoms with Crippen LogP contribution in [-0.2, 0) is 12.6 Å². The number of halogens is 3. The second kappa shape index (κ2) is 12.8. The number of nitrogens with one attached hydrogen (secondary N) is 2. The van der Waals surface area contributed by atoms with Crippen molar-refractivity contribution >= 4 is 28.9 Å². The van der Waals surface area contributed by atoms with Gasteiger partial charge in [0.05, 0.1) is 17.4 Å². The van der Waals surface area contributed by atoms with Crippen molar-refractivity contribution in [3.8, 4) is 0 Å². The van der Waals surface area contributed by atoms with E-state index in [9.17, 15) is 23.1 Å². The number of carbonyl (C=O) groups is 1. The minimum atomic E-state index is -4.58. The van der Waals surface area contributed by atoms with E-state index >= 15 is 0 Å². The lowest BCUT2D eigenvalue weighted by molar-refractivity contribution is -0.137. The minimum Gasteiger partial charge on any atom is -0.393 e. The molecule has 2 aromatic rings. The van der Waals surface area contributed by atoms with Gasteiger partial charge < -0.3 is 26.4 Å². The average Bonchev–Trinajstić information content (AvgIpc) is 3.02. The van der Waals surface area contributed by atoms with Crippen molar-refractivity contribution in [2.24, 2.45) is 28.9 Å². The van der Waals surface area contributed by atoms with Gasteiger partial charge in [-0.1, -0.05) is 20.8 Å². The van der Waals surface area contributed by atoms with Crippen LogP contribution in [0.3, 0.4) is 0 Å². The molecule has 1 aromatic heterocycles. The molecule has 0 spiro atoms. The van der Waals surface area contributed by atoms with Crippen molar-refractivity contribution < 1.29 is 23.1 Å². The molecule has 0 radical (unpaired) electrons. The van der Waals surface area contributed by atoms with E-state index in [0.717, 1.165) is 50.4 Å². The number of carbonyl (C=O) groups excluding carboxylic acids is 1. The summed E-state index contributed by atoms with van der Waals surface area (Å²) in [5, 5.41) is 16.2. The van der Waals surface area contributed by atoms with Crippen molar-refractivity contribution in [1.82, 2.24) is 14.9 Å². The number of piperazine rings is 1. The third-order valence-electron chi connectivity index (χ3n) is 11.3. The van der Waals surface area contributed by atoms with Crippen LogP contribution in [0.25, 0.3) is 0 Å². The summed E-state index contributed by atoms with van der Waals surface area (Å²) in [6.45, 7) is 10.2. The van der Waals surface area contributed by atoms with Gasteiger partial charge in [0.15, 0.2) is 11.5 Å². The van der Waals surface area contributed by atoms with Crippen LogP contribution in [0.15, 0.2) is 18.2 Å². The zero-order valence-corrected chi connectivity index (χ0v) is 27.2. The molecule has 3 atom stereocenters. The highest BCUT2D eigenvalue weighted by Crippen LogP contribution is 2.61. The number of anilines is 4. The fraction of sp³-hybridized carbons (Fsp3) is 0.676. The monoisotopic (exact) mass is 643 g/mol. The molecule has 4 saturated carbocycles. The van der Waals surface area contributed by atoms with Gasteiger partial charge in [0.25, 0.3) is 5.91 Å². The van der Waals surface area contributed by atoms with Gasteiger partial charge in [-0.25, -0.2) is 9.97 Å². The number of rotatable bonds is 9. The van der Waals surface area contributed by atoms with Crippen LogP contribution >= 0.6 is 0 Å². The highest BCUT2D eigenvalue weighted by atomic mass is 19.4. The first kappa shape index (κ1) is 32.8. The number of alkyl halides is 3. The number of primary amides is 1. The fourth-order valence-corrected chi connectivity index (χ4v) is 8.44. The van der Waals surface area contributed by atoms with E-state index in [2.05, 4.69) is 39.3 Å². The third kappa shape index (κ3) is 6.65. The molecule has 46 heavy (non-hydrogen) atoms. The number of hydrogen-bond donors (Lipinski definition) is 4. The van der Waals surface area contributed by atoms with E-state index < -0.39 is 17.6 Å². The average molecular weight is 644 g/mol. The largest absolute Gasteiger partial charge is 0.418 e.